The second-order valence-corrected chi connectivity index (χ2v) is 8.12. The third-order valence-electron chi connectivity index (χ3n) is 4.23. The lowest BCUT2D eigenvalue weighted by Gasteiger charge is -2.26. The molecule has 2 amide bonds. The Kier molecular flexibility index (Phi) is 7.18. The minimum atomic E-state index is -4.50. The number of hydrogen-bond acceptors (Lipinski definition) is 8. The molecule has 1 N–H and O–H groups in total. The molecule has 2 heterocycles. The van der Waals surface area contributed by atoms with Crippen LogP contribution in [0.5, 0.6) is 0 Å². The van der Waals surface area contributed by atoms with E-state index < -0.39 is 40.5 Å². The van der Waals surface area contributed by atoms with Gasteiger partial charge in [-0.15, -0.1) is 0 Å². The summed E-state index contributed by atoms with van der Waals surface area (Å²) in [7, 11) is -4.50. The highest BCUT2D eigenvalue weighted by molar-refractivity contribution is 7.82. The Morgan fingerprint density at radius 3 is 2.30 bits per heavy atom. The highest BCUT2D eigenvalue weighted by Gasteiger charge is 2.50. The molecule has 0 aromatic heterocycles. The number of nitrogens with zero attached hydrogens (tertiary/aromatic N) is 1. The second-order valence-electron chi connectivity index (χ2n) is 6.92. The molecule has 0 unspecified atom stereocenters. The van der Waals surface area contributed by atoms with E-state index in [-0.39, 0.29) is 18.4 Å². The van der Waals surface area contributed by atoms with Gasteiger partial charge < -0.3 is 15.0 Å². The Labute approximate surface area is 158 Å². The SMILES string of the molecule is CCOC(=O)[C@H]1OS(=O)(=O)O[C@@H]1C(=O)N[C@@H](CC(C)C)C(=O)N1CCCC1. The van der Waals surface area contributed by atoms with E-state index in [1.54, 1.807) is 4.90 Å². The number of ether oxygens (including phenoxy) is 1. The van der Waals surface area contributed by atoms with Crippen molar-refractivity contribution in [2.75, 3.05) is 19.7 Å². The zero-order valence-electron chi connectivity index (χ0n) is 15.7. The molecule has 0 aromatic carbocycles. The topological polar surface area (TPSA) is 128 Å². The van der Waals surface area contributed by atoms with Gasteiger partial charge in [0.15, 0.2) is 6.10 Å². The molecule has 2 aliphatic heterocycles. The Hall–Kier alpha value is -1.72. The Bertz CT molecular complexity index is 672. The van der Waals surface area contributed by atoms with Crippen molar-refractivity contribution < 1.29 is 35.9 Å². The van der Waals surface area contributed by atoms with Gasteiger partial charge in [-0.3, -0.25) is 9.59 Å². The summed E-state index contributed by atoms with van der Waals surface area (Å²) in [5.74, 6) is -2.06. The van der Waals surface area contributed by atoms with Crippen molar-refractivity contribution in [1.29, 1.82) is 0 Å². The maximum absolute atomic E-state index is 12.7. The van der Waals surface area contributed by atoms with Crippen LogP contribution in [0.4, 0.5) is 0 Å². The van der Waals surface area contributed by atoms with Crippen molar-refractivity contribution in [2.24, 2.45) is 5.92 Å². The molecule has 2 rings (SSSR count). The van der Waals surface area contributed by atoms with Crippen LogP contribution >= 0.6 is 0 Å². The molecule has 10 nitrogen and oxygen atoms in total. The van der Waals surface area contributed by atoms with Crippen LogP contribution in [0.25, 0.3) is 0 Å². The average molecular weight is 406 g/mol. The van der Waals surface area contributed by atoms with Crippen molar-refractivity contribution >= 4 is 28.2 Å². The first kappa shape index (κ1) is 21.6. The van der Waals surface area contributed by atoms with E-state index in [0.717, 1.165) is 12.8 Å². The van der Waals surface area contributed by atoms with Gasteiger partial charge >= 0.3 is 16.4 Å². The molecule has 0 saturated carbocycles. The predicted octanol–water partition coefficient (Wildman–Crippen LogP) is -0.268. The summed E-state index contributed by atoms with van der Waals surface area (Å²) in [5.41, 5.74) is 0. The fourth-order valence-electron chi connectivity index (χ4n) is 3.05. The molecule has 2 fully saturated rings. The summed E-state index contributed by atoms with van der Waals surface area (Å²) < 4.78 is 37.0. The highest BCUT2D eigenvalue weighted by atomic mass is 32.3. The number of rotatable bonds is 7. The minimum absolute atomic E-state index is 0.0174. The Balaban J connectivity index is 2.14. The van der Waals surface area contributed by atoms with Crippen LogP contribution < -0.4 is 5.32 Å². The lowest BCUT2D eigenvalue weighted by atomic mass is 10.0. The third-order valence-corrected chi connectivity index (χ3v) is 5.12. The molecule has 0 bridgehead atoms. The fourth-order valence-corrected chi connectivity index (χ4v) is 3.97. The van der Waals surface area contributed by atoms with Crippen LogP contribution in [0.3, 0.4) is 0 Å². The van der Waals surface area contributed by atoms with Gasteiger partial charge in [-0.1, -0.05) is 13.8 Å². The van der Waals surface area contributed by atoms with E-state index in [1.165, 1.54) is 6.92 Å². The lowest BCUT2D eigenvalue weighted by Crippen LogP contribution is -2.53. The van der Waals surface area contributed by atoms with Crippen LogP contribution in [-0.4, -0.2) is 69.0 Å². The van der Waals surface area contributed by atoms with E-state index in [1.807, 2.05) is 13.8 Å². The molecular formula is C16H26N2O8S. The Morgan fingerprint density at radius 2 is 1.74 bits per heavy atom. The average Bonchev–Trinajstić information content (AvgIpc) is 3.20. The maximum Gasteiger partial charge on any atom is 0.401 e. The van der Waals surface area contributed by atoms with E-state index >= 15 is 0 Å². The third kappa shape index (κ3) is 5.63. The van der Waals surface area contributed by atoms with Gasteiger partial charge in [-0.05, 0) is 32.1 Å². The molecular weight excluding hydrogens is 380 g/mol. The minimum Gasteiger partial charge on any atom is -0.464 e. The van der Waals surface area contributed by atoms with E-state index in [9.17, 15) is 22.8 Å². The van der Waals surface area contributed by atoms with Gasteiger partial charge in [-0.2, -0.15) is 8.42 Å². The number of nitrogens with one attached hydrogen (secondary N) is 1. The molecule has 2 saturated heterocycles. The van der Waals surface area contributed by atoms with Crippen LogP contribution in [0.15, 0.2) is 0 Å². The number of likely N-dealkylation sites (tertiary alicyclic amines) is 1. The van der Waals surface area contributed by atoms with Gasteiger partial charge in [0.1, 0.15) is 6.04 Å². The zero-order chi connectivity index (χ0) is 20.2. The molecule has 0 aromatic rings. The summed E-state index contributed by atoms with van der Waals surface area (Å²) in [4.78, 5) is 38.9. The predicted molar refractivity (Wildman–Crippen MR) is 92.5 cm³/mol. The first-order valence-corrected chi connectivity index (χ1v) is 10.3. The highest BCUT2D eigenvalue weighted by Crippen LogP contribution is 2.23. The van der Waals surface area contributed by atoms with Gasteiger partial charge in [0.05, 0.1) is 6.61 Å². The smallest absolute Gasteiger partial charge is 0.401 e. The summed E-state index contributed by atoms with van der Waals surface area (Å²) >= 11 is 0. The number of hydrogen-bond donors (Lipinski definition) is 1. The van der Waals surface area contributed by atoms with E-state index in [2.05, 4.69) is 13.7 Å². The lowest BCUT2D eigenvalue weighted by molar-refractivity contribution is -0.155. The van der Waals surface area contributed by atoms with Crippen LogP contribution in [0.2, 0.25) is 0 Å². The van der Waals surface area contributed by atoms with Gasteiger partial charge in [0.2, 0.25) is 12.0 Å². The molecule has 27 heavy (non-hydrogen) atoms. The van der Waals surface area contributed by atoms with Crippen LogP contribution in [0.1, 0.15) is 40.0 Å². The van der Waals surface area contributed by atoms with Gasteiger partial charge in [-0.25, -0.2) is 13.2 Å². The molecule has 0 aliphatic carbocycles. The fraction of sp³-hybridized carbons (Fsp3) is 0.812. The molecule has 2 aliphatic rings. The summed E-state index contributed by atoms with van der Waals surface area (Å²) in [6.07, 6.45) is -1.31. The Morgan fingerprint density at radius 1 is 1.15 bits per heavy atom. The molecule has 11 heteroatoms. The zero-order valence-corrected chi connectivity index (χ0v) is 16.5. The van der Waals surface area contributed by atoms with Crippen molar-refractivity contribution in [2.45, 2.75) is 58.3 Å². The number of carbonyl (C=O) groups is 3. The number of carbonyl (C=O) groups excluding carboxylic acids is 3. The van der Waals surface area contributed by atoms with Crippen molar-refractivity contribution in [3.63, 3.8) is 0 Å². The summed E-state index contributed by atoms with van der Waals surface area (Å²) in [5, 5.41) is 2.52. The number of amides is 2. The quantitative estimate of drug-likeness (QED) is 0.572. The molecule has 3 atom stereocenters. The van der Waals surface area contributed by atoms with Crippen LogP contribution in [-0.2, 0) is 37.9 Å². The summed E-state index contributed by atoms with van der Waals surface area (Å²) in [6, 6.07) is -0.842. The standard InChI is InChI=1S/C16H26N2O8S/c1-4-24-16(21)13-12(25-27(22,23)26-13)14(19)17-11(9-10(2)3)15(20)18-7-5-6-8-18/h10-13H,4-9H2,1-3H3,(H,17,19)/t11-,12-,13-/m0/s1. The first-order chi connectivity index (χ1) is 12.6. The molecule has 0 radical (unpaired) electrons. The number of esters is 1. The second kappa shape index (κ2) is 8.98. The maximum atomic E-state index is 12.7. The largest absolute Gasteiger partial charge is 0.464 e. The van der Waals surface area contributed by atoms with Crippen molar-refractivity contribution in [3.05, 3.63) is 0 Å². The van der Waals surface area contributed by atoms with E-state index in [4.69, 9.17) is 4.74 Å². The van der Waals surface area contributed by atoms with Crippen LogP contribution in [0, 0.1) is 5.92 Å². The summed E-state index contributed by atoms with van der Waals surface area (Å²) in [6.45, 7) is 6.55. The first-order valence-electron chi connectivity index (χ1n) is 9.02. The normalized spacial score (nSPS) is 25.4. The van der Waals surface area contributed by atoms with Crippen molar-refractivity contribution in [1.82, 2.24) is 10.2 Å². The molecule has 0 spiro atoms. The van der Waals surface area contributed by atoms with Crippen molar-refractivity contribution in [3.8, 4) is 0 Å². The molecule has 154 valence electrons. The van der Waals surface area contributed by atoms with Gasteiger partial charge in [0, 0.05) is 13.1 Å². The monoisotopic (exact) mass is 406 g/mol. The van der Waals surface area contributed by atoms with E-state index in [0.29, 0.717) is 19.5 Å². The van der Waals surface area contributed by atoms with Gasteiger partial charge in [0.25, 0.3) is 5.91 Å².